The molecule has 0 N–H and O–H groups in total. The molecule has 1 aliphatic rings. The highest BCUT2D eigenvalue weighted by atomic mass is 32.2. The van der Waals surface area contributed by atoms with Crippen LogP contribution in [0.1, 0.15) is 24.2 Å². The van der Waals surface area contributed by atoms with Gasteiger partial charge in [-0.05, 0) is 42.7 Å². The van der Waals surface area contributed by atoms with Crippen molar-refractivity contribution in [3.63, 3.8) is 0 Å². The van der Waals surface area contributed by atoms with Crippen LogP contribution < -0.4 is 4.74 Å². The SMILES string of the molecule is COc1ccc([C@@H]2OC[C@@H](C)C=C2S(=O)(=O)c2ccc(C)cc2)cc1. The Morgan fingerprint density at radius 2 is 1.68 bits per heavy atom. The van der Waals surface area contributed by atoms with E-state index in [0.29, 0.717) is 16.4 Å². The van der Waals surface area contributed by atoms with Gasteiger partial charge in [-0.15, -0.1) is 0 Å². The lowest BCUT2D eigenvalue weighted by Crippen LogP contribution is -2.23. The summed E-state index contributed by atoms with van der Waals surface area (Å²) in [6, 6.07) is 14.2. The summed E-state index contributed by atoms with van der Waals surface area (Å²) < 4.78 is 37.4. The number of rotatable bonds is 4. The van der Waals surface area contributed by atoms with Gasteiger partial charge < -0.3 is 9.47 Å². The Kier molecular flexibility index (Phi) is 4.97. The summed E-state index contributed by atoms with van der Waals surface area (Å²) in [5.41, 5.74) is 1.82. The van der Waals surface area contributed by atoms with Gasteiger partial charge in [-0.25, -0.2) is 8.42 Å². The van der Waals surface area contributed by atoms with E-state index in [1.54, 1.807) is 19.2 Å². The molecule has 1 heterocycles. The van der Waals surface area contributed by atoms with E-state index in [2.05, 4.69) is 0 Å². The van der Waals surface area contributed by atoms with E-state index in [0.717, 1.165) is 16.9 Å². The Bertz CT molecular complexity index is 865. The fraction of sp³-hybridized carbons (Fsp3) is 0.300. The zero-order chi connectivity index (χ0) is 18.0. The Labute approximate surface area is 149 Å². The summed E-state index contributed by atoms with van der Waals surface area (Å²) >= 11 is 0. The highest BCUT2D eigenvalue weighted by Gasteiger charge is 2.33. The van der Waals surface area contributed by atoms with Crippen LogP contribution in [0.4, 0.5) is 0 Å². The van der Waals surface area contributed by atoms with E-state index in [9.17, 15) is 8.42 Å². The number of sulfone groups is 1. The minimum atomic E-state index is -3.62. The maximum Gasteiger partial charge on any atom is 0.205 e. The molecule has 0 spiro atoms. The summed E-state index contributed by atoms with van der Waals surface area (Å²) in [6.07, 6.45) is 1.21. The Hall–Kier alpha value is -2.11. The molecule has 0 bridgehead atoms. The van der Waals surface area contributed by atoms with Crippen molar-refractivity contribution in [1.29, 1.82) is 0 Å². The van der Waals surface area contributed by atoms with Crippen LogP contribution in [0.5, 0.6) is 5.75 Å². The molecule has 0 amide bonds. The Morgan fingerprint density at radius 1 is 1.04 bits per heavy atom. The lowest BCUT2D eigenvalue weighted by molar-refractivity contribution is 0.0554. The Balaban J connectivity index is 2.04. The molecule has 0 aliphatic carbocycles. The topological polar surface area (TPSA) is 52.6 Å². The molecule has 4 nitrogen and oxygen atoms in total. The van der Waals surface area contributed by atoms with Gasteiger partial charge >= 0.3 is 0 Å². The van der Waals surface area contributed by atoms with Crippen LogP contribution in [0.25, 0.3) is 0 Å². The average molecular weight is 358 g/mol. The number of hydrogen-bond donors (Lipinski definition) is 0. The van der Waals surface area contributed by atoms with Gasteiger partial charge in [-0.3, -0.25) is 0 Å². The smallest absolute Gasteiger partial charge is 0.205 e. The minimum Gasteiger partial charge on any atom is -0.497 e. The zero-order valence-electron chi connectivity index (χ0n) is 14.6. The zero-order valence-corrected chi connectivity index (χ0v) is 15.4. The highest BCUT2D eigenvalue weighted by molar-refractivity contribution is 7.95. The molecule has 3 rings (SSSR count). The van der Waals surface area contributed by atoms with Crippen molar-refractivity contribution >= 4 is 9.84 Å². The molecule has 0 saturated carbocycles. The van der Waals surface area contributed by atoms with Gasteiger partial charge in [0.2, 0.25) is 9.84 Å². The van der Waals surface area contributed by atoms with Crippen molar-refractivity contribution in [2.75, 3.05) is 13.7 Å². The van der Waals surface area contributed by atoms with Gasteiger partial charge in [0.15, 0.2) is 0 Å². The standard InChI is InChI=1S/C20H22O4S/c1-14-4-10-18(11-5-14)25(21,22)19-12-15(2)13-24-20(19)16-6-8-17(23-3)9-7-16/h4-12,15,20H,13H2,1-3H3/t15-,20-/m0/s1. The summed E-state index contributed by atoms with van der Waals surface area (Å²) in [5, 5.41) is 0. The van der Waals surface area contributed by atoms with Gasteiger partial charge in [0.1, 0.15) is 11.9 Å². The summed E-state index contributed by atoms with van der Waals surface area (Å²) in [4.78, 5) is 0.598. The van der Waals surface area contributed by atoms with Crippen molar-refractivity contribution in [1.82, 2.24) is 0 Å². The second-order valence-corrected chi connectivity index (χ2v) is 8.30. The van der Waals surface area contributed by atoms with Gasteiger partial charge in [0, 0.05) is 0 Å². The number of benzene rings is 2. The number of hydrogen-bond acceptors (Lipinski definition) is 4. The van der Waals surface area contributed by atoms with Crippen LogP contribution in [-0.2, 0) is 14.6 Å². The predicted molar refractivity (Wildman–Crippen MR) is 97.3 cm³/mol. The van der Waals surface area contributed by atoms with Crippen LogP contribution in [0.3, 0.4) is 0 Å². The van der Waals surface area contributed by atoms with Crippen LogP contribution >= 0.6 is 0 Å². The molecule has 0 saturated heterocycles. The molecule has 0 radical (unpaired) electrons. The van der Waals surface area contributed by atoms with Crippen LogP contribution in [0, 0.1) is 12.8 Å². The third kappa shape index (κ3) is 3.62. The molecule has 0 fully saturated rings. The lowest BCUT2D eigenvalue weighted by Gasteiger charge is -2.28. The first kappa shape index (κ1) is 17.7. The van der Waals surface area contributed by atoms with E-state index in [-0.39, 0.29) is 5.92 Å². The fourth-order valence-corrected chi connectivity index (χ4v) is 4.53. The minimum absolute atomic E-state index is 0.0460. The van der Waals surface area contributed by atoms with Crippen molar-refractivity contribution in [2.24, 2.45) is 5.92 Å². The second kappa shape index (κ2) is 7.02. The molecule has 0 unspecified atom stereocenters. The molecule has 25 heavy (non-hydrogen) atoms. The molecular weight excluding hydrogens is 336 g/mol. The second-order valence-electron chi connectivity index (χ2n) is 6.35. The molecule has 132 valence electrons. The van der Waals surface area contributed by atoms with Gasteiger partial charge in [0.25, 0.3) is 0 Å². The fourth-order valence-electron chi connectivity index (χ4n) is 2.87. The summed E-state index contributed by atoms with van der Waals surface area (Å²) in [5.74, 6) is 0.768. The summed E-state index contributed by atoms with van der Waals surface area (Å²) in [7, 11) is -2.02. The molecule has 2 aromatic carbocycles. The normalized spacial score (nSPS) is 20.8. The highest BCUT2D eigenvalue weighted by Crippen LogP contribution is 2.38. The molecule has 2 atom stereocenters. The number of methoxy groups -OCH3 is 1. The first-order valence-electron chi connectivity index (χ1n) is 8.21. The third-order valence-corrected chi connectivity index (χ3v) is 6.16. The first-order chi connectivity index (χ1) is 11.9. The molecular formula is C20H22O4S. The van der Waals surface area contributed by atoms with Crippen molar-refractivity contribution in [3.8, 4) is 5.75 Å². The number of aryl methyl sites for hydroxylation is 1. The van der Waals surface area contributed by atoms with Gasteiger partial charge in [-0.2, -0.15) is 0 Å². The molecule has 2 aromatic rings. The number of ether oxygens (including phenoxy) is 2. The third-order valence-electron chi connectivity index (χ3n) is 4.29. The van der Waals surface area contributed by atoms with E-state index in [4.69, 9.17) is 9.47 Å². The van der Waals surface area contributed by atoms with Crippen LogP contribution in [0.15, 0.2) is 64.4 Å². The summed E-state index contributed by atoms with van der Waals surface area (Å²) in [6.45, 7) is 4.38. The monoisotopic (exact) mass is 358 g/mol. The van der Waals surface area contributed by atoms with E-state index >= 15 is 0 Å². The first-order valence-corrected chi connectivity index (χ1v) is 9.69. The maximum absolute atomic E-state index is 13.2. The van der Waals surface area contributed by atoms with E-state index in [1.165, 1.54) is 0 Å². The van der Waals surface area contributed by atoms with Crippen LogP contribution in [-0.4, -0.2) is 22.1 Å². The quantitative estimate of drug-likeness (QED) is 0.827. The van der Waals surface area contributed by atoms with Gasteiger partial charge in [-0.1, -0.05) is 42.8 Å². The van der Waals surface area contributed by atoms with Gasteiger partial charge in [0.05, 0.1) is 23.5 Å². The van der Waals surface area contributed by atoms with E-state index in [1.807, 2.05) is 56.3 Å². The average Bonchev–Trinajstić information content (AvgIpc) is 2.62. The molecule has 1 aliphatic heterocycles. The van der Waals surface area contributed by atoms with Crippen molar-refractivity contribution in [2.45, 2.75) is 24.8 Å². The maximum atomic E-state index is 13.2. The van der Waals surface area contributed by atoms with Crippen molar-refractivity contribution < 1.29 is 17.9 Å². The van der Waals surface area contributed by atoms with E-state index < -0.39 is 15.9 Å². The molecule has 5 heteroatoms. The molecule has 0 aromatic heterocycles. The largest absolute Gasteiger partial charge is 0.497 e. The Morgan fingerprint density at radius 3 is 2.28 bits per heavy atom. The van der Waals surface area contributed by atoms with Crippen LogP contribution in [0.2, 0.25) is 0 Å². The predicted octanol–water partition coefficient (Wildman–Crippen LogP) is 4.07. The van der Waals surface area contributed by atoms with Crippen molar-refractivity contribution in [3.05, 3.63) is 70.6 Å². The lowest BCUT2D eigenvalue weighted by atomic mass is 10.0.